The Labute approximate surface area is 121 Å². The molecule has 1 aliphatic rings. The van der Waals surface area contributed by atoms with Crippen LogP contribution in [0.15, 0.2) is 24.3 Å². The van der Waals surface area contributed by atoms with Gasteiger partial charge in [-0.05, 0) is 24.3 Å². The number of piperazine rings is 1. The number of nitrogens with zero attached hydrogens (tertiary/aromatic N) is 2. The van der Waals surface area contributed by atoms with E-state index < -0.39 is 11.7 Å². The molecule has 0 spiro atoms. The Hall–Kier alpha value is -1.53. The standard InChI is InChI=1S/C15H18F3N3/c1-20-13(10-21-6-4-19-5-7-21)9-11-8-12(15(16,17)18)2-3-14(11)20/h2-3,8-9,19H,4-7,10H2,1H3. The quantitative estimate of drug-likeness (QED) is 0.919. The van der Waals surface area contributed by atoms with Gasteiger partial charge in [0, 0.05) is 56.4 Å². The molecule has 0 radical (unpaired) electrons. The number of alkyl halides is 3. The van der Waals surface area contributed by atoms with Crippen LogP contribution in [0, 0.1) is 0 Å². The molecule has 3 rings (SSSR count). The highest BCUT2D eigenvalue weighted by atomic mass is 19.4. The lowest BCUT2D eigenvalue weighted by Crippen LogP contribution is -2.43. The number of benzene rings is 1. The first kappa shape index (κ1) is 14.4. The van der Waals surface area contributed by atoms with E-state index in [1.54, 1.807) is 6.07 Å². The van der Waals surface area contributed by atoms with Crippen molar-refractivity contribution in [2.24, 2.45) is 7.05 Å². The van der Waals surface area contributed by atoms with Crippen molar-refractivity contribution in [3.8, 4) is 0 Å². The van der Waals surface area contributed by atoms with E-state index in [0.717, 1.165) is 50.0 Å². The minimum absolute atomic E-state index is 0.589. The van der Waals surface area contributed by atoms with E-state index in [9.17, 15) is 13.2 Å². The van der Waals surface area contributed by atoms with E-state index in [0.29, 0.717) is 5.39 Å². The Morgan fingerprint density at radius 2 is 1.86 bits per heavy atom. The van der Waals surface area contributed by atoms with E-state index in [1.807, 2.05) is 17.7 Å². The van der Waals surface area contributed by atoms with E-state index in [2.05, 4.69) is 10.2 Å². The largest absolute Gasteiger partial charge is 0.416 e. The molecule has 0 bridgehead atoms. The van der Waals surface area contributed by atoms with Crippen LogP contribution in [0.1, 0.15) is 11.3 Å². The Balaban J connectivity index is 1.91. The first-order chi connectivity index (χ1) is 9.95. The first-order valence-electron chi connectivity index (χ1n) is 7.04. The number of aryl methyl sites for hydroxylation is 1. The molecule has 6 heteroatoms. The first-order valence-corrected chi connectivity index (χ1v) is 7.04. The van der Waals surface area contributed by atoms with Crippen molar-refractivity contribution in [2.45, 2.75) is 12.7 Å². The van der Waals surface area contributed by atoms with Crippen LogP contribution >= 0.6 is 0 Å². The summed E-state index contributed by atoms with van der Waals surface area (Å²) in [5, 5.41) is 3.94. The molecule has 114 valence electrons. The Bertz CT molecular complexity index is 639. The number of halogens is 3. The highest BCUT2D eigenvalue weighted by molar-refractivity contribution is 5.82. The summed E-state index contributed by atoms with van der Waals surface area (Å²) in [6.07, 6.45) is -4.29. The van der Waals surface area contributed by atoms with Gasteiger partial charge in [-0.15, -0.1) is 0 Å². The average molecular weight is 297 g/mol. The molecule has 0 unspecified atom stereocenters. The van der Waals surface area contributed by atoms with Crippen molar-refractivity contribution in [3.05, 3.63) is 35.5 Å². The van der Waals surface area contributed by atoms with Crippen LogP contribution in [0.5, 0.6) is 0 Å². The molecule has 1 N–H and O–H groups in total. The van der Waals surface area contributed by atoms with E-state index >= 15 is 0 Å². The summed E-state index contributed by atoms with van der Waals surface area (Å²) in [5.41, 5.74) is 1.30. The van der Waals surface area contributed by atoms with Crippen LogP contribution in [0.25, 0.3) is 10.9 Å². The topological polar surface area (TPSA) is 20.2 Å². The minimum Gasteiger partial charge on any atom is -0.346 e. The molecule has 1 saturated heterocycles. The zero-order chi connectivity index (χ0) is 15.0. The number of nitrogens with one attached hydrogen (secondary N) is 1. The maximum Gasteiger partial charge on any atom is 0.416 e. The molecule has 2 heterocycles. The minimum atomic E-state index is -4.29. The predicted octanol–water partition coefficient (Wildman–Crippen LogP) is 2.60. The van der Waals surface area contributed by atoms with Gasteiger partial charge in [-0.1, -0.05) is 0 Å². The third-order valence-corrected chi connectivity index (χ3v) is 4.06. The zero-order valence-corrected chi connectivity index (χ0v) is 11.9. The smallest absolute Gasteiger partial charge is 0.346 e. The monoisotopic (exact) mass is 297 g/mol. The van der Waals surface area contributed by atoms with Gasteiger partial charge in [-0.2, -0.15) is 13.2 Å². The Kier molecular flexibility index (Phi) is 3.67. The normalized spacial score (nSPS) is 17.5. The Morgan fingerprint density at radius 3 is 2.52 bits per heavy atom. The summed E-state index contributed by atoms with van der Waals surface area (Å²) in [4.78, 5) is 2.31. The van der Waals surface area contributed by atoms with E-state index in [-0.39, 0.29) is 0 Å². The fourth-order valence-electron chi connectivity index (χ4n) is 2.83. The number of hydrogen-bond acceptors (Lipinski definition) is 2. The lowest BCUT2D eigenvalue weighted by Gasteiger charge is -2.27. The molecule has 1 fully saturated rings. The highest BCUT2D eigenvalue weighted by Gasteiger charge is 2.30. The summed E-state index contributed by atoms with van der Waals surface area (Å²) >= 11 is 0. The van der Waals surface area contributed by atoms with Gasteiger partial charge in [0.05, 0.1) is 5.56 Å². The summed E-state index contributed by atoms with van der Waals surface area (Å²) in [6, 6.07) is 5.81. The fraction of sp³-hybridized carbons (Fsp3) is 0.467. The van der Waals surface area contributed by atoms with Crippen molar-refractivity contribution >= 4 is 10.9 Å². The van der Waals surface area contributed by atoms with Gasteiger partial charge in [0.15, 0.2) is 0 Å². The van der Waals surface area contributed by atoms with Gasteiger partial charge < -0.3 is 9.88 Å². The lowest BCUT2D eigenvalue weighted by atomic mass is 10.1. The van der Waals surface area contributed by atoms with Gasteiger partial charge in [-0.3, -0.25) is 4.90 Å². The van der Waals surface area contributed by atoms with Crippen molar-refractivity contribution < 1.29 is 13.2 Å². The second-order valence-electron chi connectivity index (χ2n) is 5.49. The summed E-state index contributed by atoms with van der Waals surface area (Å²) in [5.74, 6) is 0. The maximum atomic E-state index is 12.8. The second-order valence-corrected chi connectivity index (χ2v) is 5.49. The molecule has 1 aromatic carbocycles. The second kappa shape index (κ2) is 5.35. The molecule has 3 nitrogen and oxygen atoms in total. The third kappa shape index (κ3) is 2.91. The van der Waals surface area contributed by atoms with Gasteiger partial charge in [0.2, 0.25) is 0 Å². The van der Waals surface area contributed by atoms with Gasteiger partial charge in [-0.25, -0.2) is 0 Å². The fourth-order valence-corrected chi connectivity index (χ4v) is 2.83. The van der Waals surface area contributed by atoms with Crippen LogP contribution in [0.3, 0.4) is 0 Å². The SMILES string of the molecule is Cn1c(CN2CCNCC2)cc2cc(C(F)(F)F)ccc21. The van der Waals surface area contributed by atoms with E-state index in [4.69, 9.17) is 0 Å². The van der Waals surface area contributed by atoms with Gasteiger partial charge in [0.25, 0.3) is 0 Å². The summed E-state index contributed by atoms with van der Waals surface area (Å²) in [7, 11) is 1.91. The van der Waals surface area contributed by atoms with Crippen molar-refractivity contribution in [1.82, 2.24) is 14.8 Å². The molecule has 21 heavy (non-hydrogen) atoms. The molecule has 0 amide bonds. The summed E-state index contributed by atoms with van der Waals surface area (Å²) < 4.78 is 40.3. The van der Waals surface area contributed by atoms with Crippen LogP contribution < -0.4 is 5.32 Å². The van der Waals surface area contributed by atoms with Gasteiger partial charge >= 0.3 is 6.18 Å². The number of fused-ring (bicyclic) bond motifs is 1. The third-order valence-electron chi connectivity index (χ3n) is 4.06. The Morgan fingerprint density at radius 1 is 1.14 bits per heavy atom. The molecular formula is C15H18F3N3. The molecule has 1 aliphatic heterocycles. The maximum absolute atomic E-state index is 12.8. The van der Waals surface area contributed by atoms with Crippen molar-refractivity contribution in [3.63, 3.8) is 0 Å². The van der Waals surface area contributed by atoms with Crippen LogP contribution in [0.2, 0.25) is 0 Å². The number of hydrogen-bond donors (Lipinski definition) is 1. The molecule has 0 aliphatic carbocycles. The van der Waals surface area contributed by atoms with Crippen LogP contribution in [-0.4, -0.2) is 35.6 Å². The van der Waals surface area contributed by atoms with Crippen molar-refractivity contribution in [2.75, 3.05) is 26.2 Å². The van der Waals surface area contributed by atoms with Gasteiger partial charge in [0.1, 0.15) is 0 Å². The highest BCUT2D eigenvalue weighted by Crippen LogP contribution is 2.32. The van der Waals surface area contributed by atoms with E-state index in [1.165, 1.54) is 6.07 Å². The molecule has 2 aromatic rings. The molecule has 1 aromatic heterocycles. The average Bonchev–Trinajstić information content (AvgIpc) is 2.75. The predicted molar refractivity (Wildman–Crippen MR) is 76.1 cm³/mol. The number of rotatable bonds is 2. The molecular weight excluding hydrogens is 279 g/mol. The number of aromatic nitrogens is 1. The molecule has 0 atom stereocenters. The zero-order valence-electron chi connectivity index (χ0n) is 11.9. The van der Waals surface area contributed by atoms with Crippen LogP contribution in [0.4, 0.5) is 13.2 Å². The van der Waals surface area contributed by atoms with Crippen molar-refractivity contribution in [1.29, 1.82) is 0 Å². The molecule has 0 saturated carbocycles. The summed E-state index contributed by atoms with van der Waals surface area (Å²) in [6.45, 7) is 4.63. The lowest BCUT2D eigenvalue weighted by molar-refractivity contribution is -0.137. The van der Waals surface area contributed by atoms with Crippen LogP contribution in [-0.2, 0) is 19.8 Å².